The molecule has 1 saturated carbocycles. The summed E-state index contributed by atoms with van der Waals surface area (Å²) in [6, 6.07) is 4.93. The van der Waals surface area contributed by atoms with Crippen molar-refractivity contribution in [2.75, 3.05) is 27.8 Å². The zero-order valence-corrected chi connectivity index (χ0v) is 14.5. The Morgan fingerprint density at radius 3 is 2.56 bits per heavy atom. The number of benzene rings is 1. The van der Waals surface area contributed by atoms with Crippen LogP contribution in [0.15, 0.2) is 29.5 Å². The summed E-state index contributed by atoms with van der Waals surface area (Å²) in [4.78, 5) is 28.9. The minimum atomic E-state index is -0.542. The predicted octanol–water partition coefficient (Wildman–Crippen LogP) is 1.66. The molecule has 3 aliphatic rings. The fraction of sp³-hybridized carbons (Fsp3) is 0.444. The Balaban J connectivity index is 1.81. The number of carbonyl (C=O) groups is 2. The molecule has 0 saturated heterocycles. The van der Waals surface area contributed by atoms with E-state index in [1.54, 1.807) is 38.3 Å². The summed E-state index contributed by atoms with van der Waals surface area (Å²) in [5, 5.41) is 2.94. The molecular weight excluding hydrogens is 322 g/mol. The van der Waals surface area contributed by atoms with Crippen LogP contribution in [0.4, 0.5) is 4.79 Å². The largest absolute Gasteiger partial charge is 0.497 e. The topological polar surface area (TPSA) is 71.1 Å². The number of hydrogen-bond donors (Lipinski definition) is 1. The van der Waals surface area contributed by atoms with Gasteiger partial charge < -0.3 is 19.7 Å². The van der Waals surface area contributed by atoms with Crippen molar-refractivity contribution in [1.82, 2.24) is 15.1 Å². The molecule has 4 rings (SSSR count). The molecule has 1 aromatic carbocycles. The standard InChI is InChI=1S/C18H21N3O4/c1-20-13-9-21(10-4-5-10)17(22)15(13)16(19-18(20)23)12-8-11(24-2)6-7-14(12)25-3/h6-8,10,16H,4-5,9H2,1-3H3,(H,19,23)/t16-/m0/s1. The van der Waals surface area contributed by atoms with Crippen LogP contribution in [0.3, 0.4) is 0 Å². The number of nitrogens with zero attached hydrogens (tertiary/aromatic N) is 2. The molecule has 0 radical (unpaired) electrons. The summed E-state index contributed by atoms with van der Waals surface area (Å²) in [5.41, 5.74) is 2.12. The van der Waals surface area contributed by atoms with Gasteiger partial charge in [-0.15, -0.1) is 0 Å². The van der Waals surface area contributed by atoms with Gasteiger partial charge in [0.25, 0.3) is 5.91 Å². The zero-order valence-electron chi connectivity index (χ0n) is 14.5. The minimum absolute atomic E-state index is 0.000719. The number of urea groups is 1. The van der Waals surface area contributed by atoms with Gasteiger partial charge >= 0.3 is 6.03 Å². The third-order valence-electron chi connectivity index (χ3n) is 5.12. The Bertz CT molecular complexity index is 785. The number of carbonyl (C=O) groups excluding carboxylic acids is 2. The van der Waals surface area contributed by atoms with Crippen LogP contribution < -0.4 is 14.8 Å². The second kappa shape index (κ2) is 5.68. The van der Waals surface area contributed by atoms with E-state index in [2.05, 4.69) is 5.32 Å². The molecule has 0 unspecified atom stereocenters. The number of rotatable bonds is 4. The van der Waals surface area contributed by atoms with Crippen molar-refractivity contribution in [2.24, 2.45) is 0 Å². The van der Waals surface area contributed by atoms with Crippen LogP contribution in [0.25, 0.3) is 0 Å². The summed E-state index contributed by atoms with van der Waals surface area (Å²) in [6.45, 7) is 0.492. The van der Waals surface area contributed by atoms with Crippen LogP contribution in [0.2, 0.25) is 0 Å². The normalized spacial score (nSPS) is 22.9. The maximum absolute atomic E-state index is 13.0. The lowest BCUT2D eigenvalue weighted by atomic mass is 9.94. The molecule has 0 spiro atoms. The van der Waals surface area contributed by atoms with Gasteiger partial charge in [0.05, 0.1) is 38.1 Å². The fourth-order valence-electron chi connectivity index (χ4n) is 3.57. The molecule has 7 nitrogen and oxygen atoms in total. The first-order valence-corrected chi connectivity index (χ1v) is 8.35. The molecule has 3 amide bonds. The fourth-order valence-corrected chi connectivity index (χ4v) is 3.57. The maximum atomic E-state index is 13.0. The SMILES string of the molecule is COc1ccc(OC)c([C@@H]2NC(=O)N(C)C3=C2C(=O)N(C2CC2)C3)c1. The van der Waals surface area contributed by atoms with Gasteiger partial charge in [0, 0.05) is 18.7 Å². The van der Waals surface area contributed by atoms with Crippen LogP contribution in [0.1, 0.15) is 24.4 Å². The lowest BCUT2D eigenvalue weighted by Gasteiger charge is -2.31. The van der Waals surface area contributed by atoms with E-state index < -0.39 is 6.04 Å². The van der Waals surface area contributed by atoms with E-state index in [0.29, 0.717) is 29.7 Å². The Hall–Kier alpha value is -2.70. The van der Waals surface area contributed by atoms with E-state index >= 15 is 0 Å². The highest BCUT2D eigenvalue weighted by Gasteiger charge is 2.47. The molecule has 1 aromatic rings. The van der Waals surface area contributed by atoms with E-state index in [1.165, 1.54) is 0 Å². The summed E-state index contributed by atoms with van der Waals surface area (Å²) in [7, 11) is 4.86. The quantitative estimate of drug-likeness (QED) is 0.903. The minimum Gasteiger partial charge on any atom is -0.497 e. The van der Waals surface area contributed by atoms with Gasteiger partial charge in [-0.1, -0.05) is 0 Å². The Morgan fingerprint density at radius 1 is 1.16 bits per heavy atom. The molecule has 132 valence electrons. The summed E-state index contributed by atoms with van der Waals surface area (Å²) in [5.74, 6) is 1.26. The number of methoxy groups -OCH3 is 2. The van der Waals surface area contributed by atoms with Crippen LogP contribution in [0.5, 0.6) is 11.5 Å². The van der Waals surface area contributed by atoms with Gasteiger partial charge in [0.1, 0.15) is 11.5 Å². The summed E-state index contributed by atoms with van der Waals surface area (Å²) < 4.78 is 10.8. The third kappa shape index (κ3) is 2.42. The first kappa shape index (κ1) is 15.8. The summed E-state index contributed by atoms with van der Waals surface area (Å²) >= 11 is 0. The van der Waals surface area contributed by atoms with Crippen molar-refractivity contribution in [1.29, 1.82) is 0 Å². The van der Waals surface area contributed by atoms with Crippen molar-refractivity contribution in [3.8, 4) is 11.5 Å². The zero-order chi connectivity index (χ0) is 17.7. The van der Waals surface area contributed by atoms with Crippen LogP contribution in [-0.4, -0.2) is 55.6 Å². The highest BCUT2D eigenvalue weighted by atomic mass is 16.5. The van der Waals surface area contributed by atoms with Crippen molar-refractivity contribution < 1.29 is 19.1 Å². The van der Waals surface area contributed by atoms with Crippen molar-refractivity contribution >= 4 is 11.9 Å². The molecule has 1 fully saturated rings. The molecule has 0 aromatic heterocycles. The average molecular weight is 343 g/mol. The van der Waals surface area contributed by atoms with Crippen LogP contribution in [0, 0.1) is 0 Å². The summed E-state index contributed by atoms with van der Waals surface area (Å²) in [6.07, 6.45) is 2.06. The Kier molecular flexibility index (Phi) is 3.59. The van der Waals surface area contributed by atoms with Gasteiger partial charge in [-0.2, -0.15) is 0 Å². The number of nitrogens with one attached hydrogen (secondary N) is 1. The highest BCUT2D eigenvalue weighted by Crippen LogP contribution is 2.42. The second-order valence-electron chi connectivity index (χ2n) is 6.57. The van der Waals surface area contributed by atoms with E-state index in [-0.39, 0.29) is 11.9 Å². The molecule has 25 heavy (non-hydrogen) atoms. The molecule has 0 bridgehead atoms. The first-order valence-electron chi connectivity index (χ1n) is 8.35. The van der Waals surface area contributed by atoms with Gasteiger partial charge in [0.15, 0.2) is 0 Å². The van der Waals surface area contributed by atoms with Gasteiger partial charge in [-0.05, 0) is 31.0 Å². The molecule has 2 aliphatic heterocycles. The molecule has 1 atom stereocenters. The monoisotopic (exact) mass is 343 g/mol. The van der Waals surface area contributed by atoms with E-state index in [0.717, 1.165) is 24.1 Å². The number of ether oxygens (including phenoxy) is 2. The third-order valence-corrected chi connectivity index (χ3v) is 5.12. The van der Waals surface area contributed by atoms with E-state index in [1.807, 2.05) is 11.0 Å². The van der Waals surface area contributed by atoms with Gasteiger partial charge in [-0.3, -0.25) is 9.69 Å². The van der Waals surface area contributed by atoms with Crippen LogP contribution >= 0.6 is 0 Å². The Labute approximate surface area is 146 Å². The van der Waals surface area contributed by atoms with Crippen LogP contribution in [-0.2, 0) is 4.79 Å². The maximum Gasteiger partial charge on any atom is 0.322 e. The molecule has 1 N–H and O–H groups in total. The van der Waals surface area contributed by atoms with Gasteiger partial charge in [0.2, 0.25) is 0 Å². The lowest BCUT2D eigenvalue weighted by molar-refractivity contribution is -0.126. The van der Waals surface area contributed by atoms with Crippen molar-refractivity contribution in [3.05, 3.63) is 35.0 Å². The lowest BCUT2D eigenvalue weighted by Crippen LogP contribution is -2.45. The average Bonchev–Trinajstić information content (AvgIpc) is 3.41. The highest BCUT2D eigenvalue weighted by molar-refractivity contribution is 6.02. The molecule has 1 aliphatic carbocycles. The second-order valence-corrected chi connectivity index (χ2v) is 6.57. The van der Waals surface area contributed by atoms with Gasteiger partial charge in [-0.25, -0.2) is 4.79 Å². The van der Waals surface area contributed by atoms with Crippen molar-refractivity contribution in [3.63, 3.8) is 0 Å². The molecular formula is C18H21N3O4. The smallest absolute Gasteiger partial charge is 0.322 e. The Morgan fingerprint density at radius 2 is 1.92 bits per heavy atom. The van der Waals surface area contributed by atoms with E-state index in [4.69, 9.17) is 9.47 Å². The van der Waals surface area contributed by atoms with Crippen molar-refractivity contribution in [2.45, 2.75) is 24.9 Å². The first-order chi connectivity index (χ1) is 12.0. The van der Waals surface area contributed by atoms with E-state index in [9.17, 15) is 9.59 Å². The number of likely N-dealkylation sites (N-methyl/N-ethyl adjacent to an activating group) is 1. The number of amides is 3. The molecule has 7 heteroatoms. The predicted molar refractivity (Wildman–Crippen MR) is 90.3 cm³/mol. The molecule has 2 heterocycles. The number of hydrogen-bond acceptors (Lipinski definition) is 4.